The van der Waals surface area contributed by atoms with E-state index in [-0.39, 0.29) is 0 Å². The number of hydrogen-bond donors (Lipinski definition) is 1. The molecule has 2 N–H and O–H groups in total. The minimum absolute atomic E-state index is 0.433. The van der Waals surface area contributed by atoms with E-state index in [1.165, 1.54) is 0 Å². The van der Waals surface area contributed by atoms with Crippen molar-refractivity contribution in [3.63, 3.8) is 0 Å². The van der Waals surface area contributed by atoms with E-state index in [2.05, 4.69) is 18.7 Å². The highest BCUT2D eigenvalue weighted by atomic mass is 16.5. The average Bonchev–Trinajstić information content (AvgIpc) is 2.37. The minimum atomic E-state index is 0.433. The molecule has 1 saturated heterocycles. The summed E-state index contributed by atoms with van der Waals surface area (Å²) in [6.45, 7) is 9.16. The van der Waals surface area contributed by atoms with Gasteiger partial charge in [-0.2, -0.15) is 0 Å². The van der Waals surface area contributed by atoms with E-state index < -0.39 is 0 Å². The molecule has 0 saturated carbocycles. The molecule has 1 aliphatic rings. The second-order valence-corrected chi connectivity index (χ2v) is 5.52. The molecule has 0 spiro atoms. The van der Waals surface area contributed by atoms with Gasteiger partial charge in [0, 0.05) is 32.8 Å². The van der Waals surface area contributed by atoms with Crippen LogP contribution in [-0.2, 0) is 9.47 Å². The Hall–Kier alpha value is -0.160. The number of hydrogen-bond acceptors (Lipinski definition) is 4. The predicted molar refractivity (Wildman–Crippen MR) is 74.7 cm³/mol. The van der Waals surface area contributed by atoms with Crippen molar-refractivity contribution < 1.29 is 9.47 Å². The maximum absolute atomic E-state index is 5.83. The molecule has 4 heteroatoms. The van der Waals surface area contributed by atoms with Gasteiger partial charge in [-0.25, -0.2) is 0 Å². The third kappa shape index (κ3) is 5.22. The van der Waals surface area contributed by atoms with Gasteiger partial charge in [0.2, 0.25) is 0 Å². The van der Waals surface area contributed by atoms with E-state index in [4.69, 9.17) is 15.2 Å². The maximum Gasteiger partial charge on any atom is 0.0620 e. The third-order valence-electron chi connectivity index (χ3n) is 3.75. The molecule has 0 aromatic rings. The number of nitrogens with two attached hydrogens (primary N) is 1. The number of rotatable bonds is 8. The Balaban J connectivity index is 2.28. The number of likely N-dealkylation sites (tertiary alicyclic amines) is 1. The topological polar surface area (TPSA) is 47.7 Å². The van der Waals surface area contributed by atoms with E-state index >= 15 is 0 Å². The Bertz CT molecular complexity index is 204. The summed E-state index contributed by atoms with van der Waals surface area (Å²) in [6, 6.07) is 0.542. The van der Waals surface area contributed by atoms with Crippen LogP contribution >= 0.6 is 0 Å². The van der Waals surface area contributed by atoms with Crippen LogP contribution in [0.25, 0.3) is 0 Å². The molecule has 1 heterocycles. The highest BCUT2D eigenvalue weighted by molar-refractivity contribution is 4.80. The highest BCUT2D eigenvalue weighted by Gasteiger charge is 2.27. The first-order chi connectivity index (χ1) is 8.69. The lowest BCUT2D eigenvalue weighted by atomic mass is 9.99. The molecular weight excluding hydrogens is 228 g/mol. The molecule has 1 unspecified atom stereocenters. The van der Waals surface area contributed by atoms with Gasteiger partial charge < -0.3 is 15.2 Å². The van der Waals surface area contributed by atoms with Crippen LogP contribution in [0.4, 0.5) is 0 Å². The van der Waals surface area contributed by atoms with Crippen LogP contribution < -0.4 is 5.73 Å². The zero-order valence-corrected chi connectivity index (χ0v) is 12.2. The molecule has 1 rings (SSSR count). The number of nitrogens with zero attached hydrogens (tertiary/aromatic N) is 1. The molecule has 0 aliphatic carbocycles. The lowest BCUT2D eigenvalue weighted by Gasteiger charge is -2.39. The van der Waals surface area contributed by atoms with Gasteiger partial charge in [0.1, 0.15) is 0 Å². The normalized spacial score (nSPS) is 20.5. The van der Waals surface area contributed by atoms with E-state index in [1.807, 2.05) is 0 Å². The van der Waals surface area contributed by atoms with Crippen LogP contribution in [0, 0.1) is 5.92 Å². The molecule has 18 heavy (non-hydrogen) atoms. The Labute approximate surface area is 112 Å². The van der Waals surface area contributed by atoms with Gasteiger partial charge in [-0.1, -0.05) is 13.8 Å². The molecule has 1 aliphatic heterocycles. The Morgan fingerprint density at radius 2 is 1.94 bits per heavy atom. The van der Waals surface area contributed by atoms with Crippen LogP contribution in [0.15, 0.2) is 0 Å². The standard InChI is InChI=1S/C14H30N2O2/c1-12(2)14(11-17-3)16-8-5-13(6-9-16)18-10-4-7-15/h12-14H,4-11,15H2,1-3H3. The smallest absolute Gasteiger partial charge is 0.0620 e. The molecule has 0 aromatic heterocycles. The Kier molecular flexibility index (Phi) is 7.82. The Morgan fingerprint density at radius 1 is 1.28 bits per heavy atom. The predicted octanol–water partition coefficient (Wildman–Crippen LogP) is 1.49. The van der Waals surface area contributed by atoms with E-state index in [0.29, 0.717) is 18.1 Å². The third-order valence-corrected chi connectivity index (χ3v) is 3.75. The summed E-state index contributed by atoms with van der Waals surface area (Å²) < 4.78 is 11.2. The maximum atomic E-state index is 5.83. The number of piperidine rings is 1. The molecule has 108 valence electrons. The van der Waals surface area contributed by atoms with Crippen LogP contribution in [-0.4, -0.2) is 57.0 Å². The fourth-order valence-electron chi connectivity index (χ4n) is 2.60. The van der Waals surface area contributed by atoms with Gasteiger partial charge in [0.05, 0.1) is 12.7 Å². The first-order valence-electron chi connectivity index (χ1n) is 7.23. The summed E-state index contributed by atoms with van der Waals surface area (Å²) in [6.07, 6.45) is 3.68. The van der Waals surface area contributed by atoms with Crippen molar-refractivity contribution in [1.82, 2.24) is 4.90 Å². The van der Waals surface area contributed by atoms with Crippen LogP contribution in [0.1, 0.15) is 33.1 Å². The van der Waals surface area contributed by atoms with Gasteiger partial charge in [0.15, 0.2) is 0 Å². The van der Waals surface area contributed by atoms with Crippen molar-refractivity contribution in [3.05, 3.63) is 0 Å². The van der Waals surface area contributed by atoms with Crippen molar-refractivity contribution in [3.8, 4) is 0 Å². The highest BCUT2D eigenvalue weighted by Crippen LogP contribution is 2.20. The summed E-state index contributed by atoms with van der Waals surface area (Å²) in [4.78, 5) is 2.55. The summed E-state index contributed by atoms with van der Waals surface area (Å²) in [5.41, 5.74) is 5.47. The second-order valence-electron chi connectivity index (χ2n) is 5.52. The molecule has 1 atom stereocenters. The van der Waals surface area contributed by atoms with Gasteiger partial charge in [-0.3, -0.25) is 4.90 Å². The van der Waals surface area contributed by atoms with Crippen molar-refractivity contribution in [2.24, 2.45) is 11.7 Å². The lowest BCUT2D eigenvalue weighted by molar-refractivity contribution is -0.0199. The first kappa shape index (κ1) is 15.9. The van der Waals surface area contributed by atoms with Crippen LogP contribution in [0.5, 0.6) is 0 Å². The molecule has 0 amide bonds. The van der Waals surface area contributed by atoms with E-state index in [9.17, 15) is 0 Å². The lowest BCUT2D eigenvalue weighted by Crippen LogP contribution is -2.47. The fraction of sp³-hybridized carbons (Fsp3) is 1.00. The summed E-state index contributed by atoms with van der Waals surface area (Å²) in [5, 5.41) is 0. The molecule has 0 aromatic carbocycles. The quantitative estimate of drug-likeness (QED) is 0.670. The zero-order chi connectivity index (χ0) is 13.4. The monoisotopic (exact) mass is 258 g/mol. The van der Waals surface area contributed by atoms with Crippen molar-refractivity contribution in [2.45, 2.75) is 45.3 Å². The SMILES string of the molecule is COCC(C(C)C)N1CCC(OCCCN)CC1. The van der Waals surface area contributed by atoms with Gasteiger partial charge in [0.25, 0.3) is 0 Å². The average molecular weight is 258 g/mol. The number of ether oxygens (including phenoxy) is 2. The van der Waals surface area contributed by atoms with Gasteiger partial charge >= 0.3 is 0 Å². The summed E-state index contributed by atoms with van der Waals surface area (Å²) in [5.74, 6) is 0.639. The largest absolute Gasteiger partial charge is 0.383 e. The second kappa shape index (κ2) is 8.86. The first-order valence-corrected chi connectivity index (χ1v) is 7.23. The summed E-state index contributed by atoms with van der Waals surface area (Å²) in [7, 11) is 1.79. The molecule has 0 radical (unpaired) electrons. The van der Waals surface area contributed by atoms with E-state index in [1.54, 1.807) is 7.11 Å². The summed E-state index contributed by atoms with van der Waals surface area (Å²) >= 11 is 0. The fourth-order valence-corrected chi connectivity index (χ4v) is 2.60. The van der Waals surface area contributed by atoms with Gasteiger partial charge in [-0.05, 0) is 31.7 Å². The van der Waals surface area contributed by atoms with Crippen molar-refractivity contribution >= 4 is 0 Å². The molecule has 0 bridgehead atoms. The number of methoxy groups -OCH3 is 1. The van der Waals surface area contributed by atoms with Crippen LogP contribution in [0.2, 0.25) is 0 Å². The molecule has 4 nitrogen and oxygen atoms in total. The van der Waals surface area contributed by atoms with Crippen LogP contribution in [0.3, 0.4) is 0 Å². The molecule has 1 fully saturated rings. The minimum Gasteiger partial charge on any atom is -0.383 e. The zero-order valence-electron chi connectivity index (χ0n) is 12.2. The van der Waals surface area contributed by atoms with Gasteiger partial charge in [-0.15, -0.1) is 0 Å². The molecular formula is C14H30N2O2. The van der Waals surface area contributed by atoms with E-state index in [0.717, 1.165) is 52.1 Å². The van der Waals surface area contributed by atoms with Crippen molar-refractivity contribution in [1.29, 1.82) is 0 Å². The van der Waals surface area contributed by atoms with Crippen molar-refractivity contribution in [2.75, 3.05) is 40.0 Å². The Morgan fingerprint density at radius 3 is 2.44 bits per heavy atom.